The Balaban J connectivity index is 1.99. The number of hydrogen-bond acceptors (Lipinski definition) is 2. The molecule has 0 radical (unpaired) electrons. The Morgan fingerprint density at radius 3 is 2.32 bits per heavy atom. The summed E-state index contributed by atoms with van der Waals surface area (Å²) in [5, 5.41) is 3.49. The van der Waals surface area contributed by atoms with Gasteiger partial charge in [-0.3, -0.25) is 10.1 Å². The molecule has 1 amide bonds. The average Bonchev–Trinajstić information content (AvgIpc) is 2.54. The van der Waals surface area contributed by atoms with Crippen LogP contribution in [0.1, 0.15) is 72.1 Å². The van der Waals surface area contributed by atoms with E-state index in [1.807, 2.05) is 0 Å². The fourth-order valence-corrected chi connectivity index (χ4v) is 3.66. The van der Waals surface area contributed by atoms with E-state index in [0.29, 0.717) is 17.9 Å². The minimum atomic E-state index is 0.0560. The van der Waals surface area contributed by atoms with E-state index in [1.54, 1.807) is 0 Å². The zero-order chi connectivity index (χ0) is 13.8. The summed E-state index contributed by atoms with van der Waals surface area (Å²) in [4.78, 5) is 14.8. The van der Waals surface area contributed by atoms with Gasteiger partial charge in [0.25, 0.3) is 0 Å². The molecule has 0 spiro atoms. The largest absolute Gasteiger partial charge is 0.323 e. The SMILES string of the molecule is CC(C)CC1NC(C)N(C2CCCCCCC2)C1=O. The molecule has 19 heavy (non-hydrogen) atoms. The molecular weight excluding hydrogens is 236 g/mol. The van der Waals surface area contributed by atoms with Crippen LogP contribution in [0.25, 0.3) is 0 Å². The Bertz CT molecular complexity index is 295. The highest BCUT2D eigenvalue weighted by molar-refractivity contribution is 5.84. The summed E-state index contributed by atoms with van der Waals surface area (Å²) in [6, 6.07) is 0.535. The van der Waals surface area contributed by atoms with Crippen LogP contribution in [0.2, 0.25) is 0 Å². The van der Waals surface area contributed by atoms with Crippen LogP contribution < -0.4 is 5.32 Å². The molecule has 2 aliphatic rings. The number of carbonyl (C=O) groups excluding carboxylic acids is 1. The van der Waals surface area contributed by atoms with Crippen molar-refractivity contribution in [1.29, 1.82) is 0 Å². The Labute approximate surface area is 118 Å². The zero-order valence-electron chi connectivity index (χ0n) is 12.8. The van der Waals surface area contributed by atoms with E-state index in [1.165, 1.54) is 44.9 Å². The molecule has 1 saturated heterocycles. The van der Waals surface area contributed by atoms with Crippen LogP contribution in [-0.4, -0.2) is 29.1 Å². The third-order valence-electron chi connectivity index (χ3n) is 4.59. The first-order valence-electron chi connectivity index (χ1n) is 8.18. The number of carbonyl (C=O) groups is 1. The fraction of sp³-hybridized carbons (Fsp3) is 0.938. The van der Waals surface area contributed by atoms with Gasteiger partial charge in [0.15, 0.2) is 0 Å². The highest BCUT2D eigenvalue weighted by Gasteiger charge is 2.39. The van der Waals surface area contributed by atoms with Crippen molar-refractivity contribution in [3.8, 4) is 0 Å². The monoisotopic (exact) mass is 266 g/mol. The van der Waals surface area contributed by atoms with E-state index in [2.05, 4.69) is 31.0 Å². The number of nitrogens with zero attached hydrogens (tertiary/aromatic N) is 1. The Morgan fingerprint density at radius 2 is 1.74 bits per heavy atom. The van der Waals surface area contributed by atoms with Gasteiger partial charge in [0, 0.05) is 6.04 Å². The van der Waals surface area contributed by atoms with Crippen LogP contribution in [0.15, 0.2) is 0 Å². The predicted molar refractivity (Wildman–Crippen MR) is 78.8 cm³/mol. The topological polar surface area (TPSA) is 32.3 Å². The first-order chi connectivity index (χ1) is 9.09. The highest BCUT2D eigenvalue weighted by atomic mass is 16.2. The van der Waals surface area contributed by atoms with Crippen molar-refractivity contribution in [2.45, 2.75) is 90.4 Å². The molecule has 110 valence electrons. The molecule has 1 aliphatic carbocycles. The summed E-state index contributed by atoms with van der Waals surface area (Å²) < 4.78 is 0. The molecule has 2 fully saturated rings. The summed E-state index contributed by atoms with van der Waals surface area (Å²) in [6.07, 6.45) is 10.2. The van der Waals surface area contributed by atoms with E-state index in [-0.39, 0.29) is 12.2 Å². The van der Waals surface area contributed by atoms with Gasteiger partial charge < -0.3 is 4.90 Å². The first kappa shape index (κ1) is 14.8. The van der Waals surface area contributed by atoms with Crippen molar-refractivity contribution in [1.82, 2.24) is 10.2 Å². The molecule has 1 aliphatic heterocycles. The summed E-state index contributed by atoms with van der Waals surface area (Å²) in [5.74, 6) is 0.928. The number of amides is 1. The van der Waals surface area contributed by atoms with Crippen molar-refractivity contribution in [2.24, 2.45) is 5.92 Å². The molecule has 1 heterocycles. The quantitative estimate of drug-likeness (QED) is 0.850. The molecule has 0 aromatic carbocycles. The lowest BCUT2D eigenvalue weighted by molar-refractivity contribution is -0.132. The minimum Gasteiger partial charge on any atom is -0.323 e. The van der Waals surface area contributed by atoms with Crippen molar-refractivity contribution >= 4 is 5.91 Å². The lowest BCUT2D eigenvalue weighted by Crippen LogP contribution is -2.43. The second-order valence-electron chi connectivity index (χ2n) is 6.77. The van der Waals surface area contributed by atoms with E-state index in [4.69, 9.17) is 0 Å². The maximum absolute atomic E-state index is 12.6. The molecule has 0 aromatic heterocycles. The third kappa shape index (κ3) is 3.71. The summed E-state index contributed by atoms with van der Waals surface area (Å²) in [6.45, 7) is 6.53. The number of nitrogens with one attached hydrogen (secondary N) is 1. The van der Waals surface area contributed by atoms with E-state index in [0.717, 1.165) is 6.42 Å². The Morgan fingerprint density at radius 1 is 1.16 bits per heavy atom. The summed E-state index contributed by atoms with van der Waals surface area (Å²) in [7, 11) is 0. The molecule has 2 unspecified atom stereocenters. The van der Waals surface area contributed by atoms with E-state index >= 15 is 0 Å². The Kier molecular flexibility index (Phi) is 5.26. The van der Waals surface area contributed by atoms with Gasteiger partial charge in [-0.25, -0.2) is 0 Å². The smallest absolute Gasteiger partial charge is 0.241 e. The number of rotatable bonds is 3. The average molecular weight is 266 g/mol. The van der Waals surface area contributed by atoms with Crippen LogP contribution in [0.3, 0.4) is 0 Å². The molecule has 0 bridgehead atoms. The van der Waals surface area contributed by atoms with E-state index < -0.39 is 0 Å². The van der Waals surface area contributed by atoms with Crippen LogP contribution in [0.5, 0.6) is 0 Å². The van der Waals surface area contributed by atoms with Crippen LogP contribution in [0, 0.1) is 5.92 Å². The van der Waals surface area contributed by atoms with Gasteiger partial charge in [0.1, 0.15) is 0 Å². The van der Waals surface area contributed by atoms with Gasteiger partial charge in [-0.2, -0.15) is 0 Å². The molecular formula is C16H30N2O. The molecule has 1 saturated carbocycles. The van der Waals surface area contributed by atoms with Gasteiger partial charge in [-0.1, -0.05) is 46.0 Å². The molecule has 3 heteroatoms. The Hall–Kier alpha value is -0.570. The standard InChI is InChI=1S/C16H30N2O/c1-12(2)11-15-16(19)18(13(3)17-15)14-9-7-5-4-6-8-10-14/h12-15,17H,4-11H2,1-3H3. The van der Waals surface area contributed by atoms with Gasteiger partial charge in [0.2, 0.25) is 5.91 Å². The molecule has 3 nitrogen and oxygen atoms in total. The maximum atomic E-state index is 12.6. The maximum Gasteiger partial charge on any atom is 0.241 e. The second kappa shape index (κ2) is 6.74. The normalized spacial score (nSPS) is 30.7. The fourth-order valence-electron chi connectivity index (χ4n) is 3.66. The van der Waals surface area contributed by atoms with Gasteiger partial charge in [0.05, 0.1) is 12.2 Å². The first-order valence-corrected chi connectivity index (χ1v) is 8.18. The van der Waals surface area contributed by atoms with Gasteiger partial charge in [-0.05, 0) is 32.1 Å². The van der Waals surface area contributed by atoms with Crippen LogP contribution >= 0.6 is 0 Å². The summed E-state index contributed by atoms with van der Waals surface area (Å²) in [5.41, 5.74) is 0. The molecule has 2 atom stereocenters. The molecule has 0 aromatic rings. The third-order valence-corrected chi connectivity index (χ3v) is 4.59. The van der Waals surface area contributed by atoms with Crippen molar-refractivity contribution < 1.29 is 4.79 Å². The lowest BCUT2D eigenvalue weighted by atomic mass is 9.95. The van der Waals surface area contributed by atoms with Gasteiger partial charge >= 0.3 is 0 Å². The van der Waals surface area contributed by atoms with Gasteiger partial charge in [-0.15, -0.1) is 0 Å². The van der Waals surface area contributed by atoms with Crippen LogP contribution in [0.4, 0.5) is 0 Å². The predicted octanol–water partition coefficient (Wildman–Crippen LogP) is 3.29. The van der Waals surface area contributed by atoms with Crippen molar-refractivity contribution in [3.63, 3.8) is 0 Å². The highest BCUT2D eigenvalue weighted by Crippen LogP contribution is 2.27. The zero-order valence-corrected chi connectivity index (χ0v) is 12.8. The van der Waals surface area contributed by atoms with Crippen LogP contribution in [-0.2, 0) is 4.79 Å². The summed E-state index contributed by atoms with van der Waals surface area (Å²) >= 11 is 0. The van der Waals surface area contributed by atoms with Crippen molar-refractivity contribution in [2.75, 3.05) is 0 Å². The lowest BCUT2D eigenvalue weighted by Gasteiger charge is -2.32. The molecule has 1 N–H and O–H groups in total. The molecule has 2 rings (SSSR count). The van der Waals surface area contributed by atoms with E-state index in [9.17, 15) is 4.79 Å². The van der Waals surface area contributed by atoms with Crippen molar-refractivity contribution in [3.05, 3.63) is 0 Å². The second-order valence-corrected chi connectivity index (χ2v) is 6.77. The number of hydrogen-bond donors (Lipinski definition) is 1. The minimum absolute atomic E-state index is 0.0560.